The number of carboxylic acids is 1. The largest absolute Gasteiger partial charge is 0.488 e. The van der Waals surface area contributed by atoms with Crippen LogP contribution in [0.4, 0.5) is 0 Å². The summed E-state index contributed by atoms with van der Waals surface area (Å²) in [5.74, 6) is 0.00625. The van der Waals surface area contributed by atoms with Gasteiger partial charge < -0.3 is 9.84 Å². The Hall–Kier alpha value is -1.56. The van der Waals surface area contributed by atoms with Crippen molar-refractivity contribution in [2.45, 2.75) is 25.4 Å². The van der Waals surface area contributed by atoms with Crippen LogP contribution in [0.15, 0.2) is 24.3 Å². The van der Waals surface area contributed by atoms with Crippen molar-refractivity contribution in [1.82, 2.24) is 0 Å². The molecule has 6 heteroatoms. The standard InChI is InChI=1S/C13H16O5S/c14-13(15)6-2-4-10-3-1-5-11(7-10)18-12-8-19(16,17)9-12/h1,3,5,7,12H,2,4,6,8-9H2,(H,14,15). The SMILES string of the molecule is O=C(O)CCCc1cccc(OC2CS(=O)(=O)C2)c1. The van der Waals surface area contributed by atoms with Crippen molar-refractivity contribution in [3.8, 4) is 5.75 Å². The van der Waals surface area contributed by atoms with Crippen LogP contribution in [-0.4, -0.2) is 37.1 Å². The molecule has 1 N–H and O–H groups in total. The molecule has 2 rings (SSSR count). The highest BCUT2D eigenvalue weighted by Gasteiger charge is 2.35. The lowest BCUT2D eigenvalue weighted by Gasteiger charge is -2.26. The Labute approximate surface area is 112 Å². The highest BCUT2D eigenvalue weighted by Crippen LogP contribution is 2.21. The Balaban J connectivity index is 1.87. The smallest absolute Gasteiger partial charge is 0.303 e. The van der Waals surface area contributed by atoms with Gasteiger partial charge in [0.15, 0.2) is 9.84 Å². The Morgan fingerprint density at radius 1 is 1.37 bits per heavy atom. The minimum atomic E-state index is -2.87. The number of hydrogen-bond donors (Lipinski definition) is 1. The van der Waals surface area contributed by atoms with E-state index in [4.69, 9.17) is 9.84 Å². The van der Waals surface area contributed by atoms with Gasteiger partial charge in [0.1, 0.15) is 11.9 Å². The Bertz CT molecular complexity index is 552. The molecule has 1 aliphatic heterocycles. The van der Waals surface area contributed by atoms with E-state index in [0.717, 1.165) is 5.56 Å². The van der Waals surface area contributed by atoms with Gasteiger partial charge in [0.05, 0.1) is 11.5 Å². The summed E-state index contributed by atoms with van der Waals surface area (Å²) in [5, 5.41) is 8.57. The summed E-state index contributed by atoms with van der Waals surface area (Å²) in [4.78, 5) is 10.4. The molecule has 19 heavy (non-hydrogen) atoms. The first kappa shape index (κ1) is 13.9. The molecule has 1 fully saturated rings. The van der Waals surface area contributed by atoms with Crippen molar-refractivity contribution in [3.63, 3.8) is 0 Å². The van der Waals surface area contributed by atoms with Crippen molar-refractivity contribution in [2.75, 3.05) is 11.5 Å². The average molecular weight is 284 g/mol. The minimum absolute atomic E-state index is 0.0796. The van der Waals surface area contributed by atoms with E-state index in [1.807, 2.05) is 18.2 Å². The van der Waals surface area contributed by atoms with Gasteiger partial charge in [0, 0.05) is 6.42 Å². The van der Waals surface area contributed by atoms with E-state index in [0.29, 0.717) is 18.6 Å². The molecule has 0 spiro atoms. The maximum absolute atomic E-state index is 11.0. The number of sulfone groups is 1. The second-order valence-electron chi connectivity index (χ2n) is 4.71. The Morgan fingerprint density at radius 3 is 2.74 bits per heavy atom. The second kappa shape index (κ2) is 5.61. The van der Waals surface area contributed by atoms with E-state index in [1.54, 1.807) is 6.07 Å². The van der Waals surface area contributed by atoms with Gasteiger partial charge in [-0.25, -0.2) is 8.42 Å². The summed E-state index contributed by atoms with van der Waals surface area (Å²) in [6, 6.07) is 7.36. The topological polar surface area (TPSA) is 80.7 Å². The van der Waals surface area contributed by atoms with Gasteiger partial charge in [-0.1, -0.05) is 12.1 Å². The van der Waals surface area contributed by atoms with E-state index in [1.165, 1.54) is 0 Å². The number of carboxylic acid groups (broad SMARTS) is 1. The fraction of sp³-hybridized carbons (Fsp3) is 0.462. The van der Waals surface area contributed by atoms with Crippen molar-refractivity contribution >= 4 is 15.8 Å². The molecule has 0 radical (unpaired) electrons. The van der Waals surface area contributed by atoms with Gasteiger partial charge in [0.25, 0.3) is 0 Å². The van der Waals surface area contributed by atoms with Gasteiger partial charge in [-0.2, -0.15) is 0 Å². The predicted octanol–water partition coefficient (Wildman–Crippen LogP) is 1.27. The summed E-state index contributed by atoms with van der Waals surface area (Å²) in [6.45, 7) is 0. The van der Waals surface area contributed by atoms with Gasteiger partial charge in [-0.05, 0) is 30.5 Å². The van der Waals surface area contributed by atoms with E-state index in [-0.39, 0.29) is 24.0 Å². The maximum atomic E-state index is 11.0. The van der Waals surface area contributed by atoms with E-state index in [9.17, 15) is 13.2 Å². The van der Waals surface area contributed by atoms with Crippen LogP contribution in [0.25, 0.3) is 0 Å². The van der Waals surface area contributed by atoms with Gasteiger partial charge in [0.2, 0.25) is 0 Å². The van der Waals surface area contributed by atoms with Crippen LogP contribution >= 0.6 is 0 Å². The monoisotopic (exact) mass is 284 g/mol. The maximum Gasteiger partial charge on any atom is 0.303 e. The number of benzene rings is 1. The Morgan fingerprint density at radius 2 is 2.11 bits per heavy atom. The zero-order valence-electron chi connectivity index (χ0n) is 10.4. The molecule has 0 atom stereocenters. The number of hydrogen-bond acceptors (Lipinski definition) is 4. The van der Waals surface area contributed by atoms with Crippen LogP contribution in [0, 0.1) is 0 Å². The third kappa shape index (κ3) is 4.24. The molecule has 1 saturated heterocycles. The second-order valence-corrected chi connectivity index (χ2v) is 6.87. The third-order valence-corrected chi connectivity index (χ3v) is 4.70. The predicted molar refractivity (Wildman–Crippen MR) is 70.1 cm³/mol. The molecule has 0 aromatic heterocycles. The van der Waals surface area contributed by atoms with Gasteiger partial charge in [-0.3, -0.25) is 4.79 Å². The van der Waals surface area contributed by atoms with E-state index < -0.39 is 15.8 Å². The molecule has 1 heterocycles. The molecule has 1 aliphatic rings. The van der Waals surface area contributed by atoms with Crippen LogP contribution < -0.4 is 4.74 Å². The average Bonchev–Trinajstić information content (AvgIpc) is 2.26. The van der Waals surface area contributed by atoms with E-state index in [2.05, 4.69) is 0 Å². The Kier molecular flexibility index (Phi) is 4.09. The highest BCUT2D eigenvalue weighted by atomic mass is 32.2. The first-order chi connectivity index (χ1) is 8.94. The van der Waals surface area contributed by atoms with Crippen LogP contribution in [0.1, 0.15) is 18.4 Å². The van der Waals surface area contributed by atoms with Gasteiger partial charge >= 0.3 is 5.97 Å². The molecule has 104 valence electrons. The number of carbonyl (C=O) groups is 1. The van der Waals surface area contributed by atoms with E-state index >= 15 is 0 Å². The first-order valence-electron chi connectivity index (χ1n) is 6.12. The molecular weight excluding hydrogens is 268 g/mol. The normalized spacial score (nSPS) is 17.7. The van der Waals surface area contributed by atoms with Crippen molar-refractivity contribution < 1.29 is 23.1 Å². The number of aryl methyl sites for hydroxylation is 1. The molecule has 0 bridgehead atoms. The summed E-state index contributed by atoms with van der Waals surface area (Å²) >= 11 is 0. The summed E-state index contributed by atoms with van der Waals surface area (Å²) in [5.41, 5.74) is 1.00. The van der Waals surface area contributed by atoms with Crippen LogP contribution in [-0.2, 0) is 21.1 Å². The lowest BCUT2D eigenvalue weighted by molar-refractivity contribution is -0.137. The molecule has 1 aromatic carbocycles. The molecule has 0 unspecified atom stereocenters. The van der Waals surface area contributed by atoms with Crippen molar-refractivity contribution in [1.29, 1.82) is 0 Å². The summed E-state index contributed by atoms with van der Waals surface area (Å²) < 4.78 is 27.6. The molecule has 5 nitrogen and oxygen atoms in total. The lowest BCUT2D eigenvalue weighted by atomic mass is 10.1. The number of ether oxygens (including phenoxy) is 1. The van der Waals surface area contributed by atoms with Crippen LogP contribution in [0.2, 0.25) is 0 Å². The lowest BCUT2D eigenvalue weighted by Crippen LogP contribution is -2.45. The van der Waals surface area contributed by atoms with Crippen molar-refractivity contribution in [2.24, 2.45) is 0 Å². The minimum Gasteiger partial charge on any atom is -0.488 e. The molecule has 0 aliphatic carbocycles. The number of aliphatic carboxylic acids is 1. The first-order valence-corrected chi connectivity index (χ1v) is 7.94. The quantitative estimate of drug-likeness (QED) is 0.851. The molecule has 0 saturated carbocycles. The summed E-state index contributed by atoms with van der Waals surface area (Å²) in [6.07, 6.45) is 1.15. The molecular formula is C13H16O5S. The van der Waals surface area contributed by atoms with Crippen LogP contribution in [0.3, 0.4) is 0 Å². The van der Waals surface area contributed by atoms with Gasteiger partial charge in [-0.15, -0.1) is 0 Å². The zero-order valence-corrected chi connectivity index (χ0v) is 11.2. The summed E-state index contributed by atoms with van der Waals surface area (Å²) in [7, 11) is -2.87. The molecule has 1 aromatic rings. The van der Waals surface area contributed by atoms with Crippen molar-refractivity contribution in [3.05, 3.63) is 29.8 Å². The highest BCUT2D eigenvalue weighted by molar-refractivity contribution is 7.92. The van der Waals surface area contributed by atoms with Crippen LogP contribution in [0.5, 0.6) is 5.75 Å². The third-order valence-electron chi connectivity index (χ3n) is 2.94. The fourth-order valence-corrected chi connectivity index (χ4v) is 3.17. The fourth-order valence-electron chi connectivity index (χ4n) is 2.00. The molecule has 0 amide bonds. The number of rotatable bonds is 6. The zero-order chi connectivity index (χ0) is 13.9.